The molecule has 1 saturated heterocycles. The molecule has 2 fully saturated rings. The molecule has 1 aliphatic carbocycles. The van der Waals surface area contributed by atoms with Crippen molar-refractivity contribution in [2.45, 2.75) is 38.5 Å². The molecule has 0 amide bonds. The monoisotopic (exact) mass is 239 g/mol. The predicted octanol–water partition coefficient (Wildman–Crippen LogP) is 3.47. The van der Waals surface area contributed by atoms with Gasteiger partial charge in [0.1, 0.15) is 0 Å². The van der Waals surface area contributed by atoms with E-state index >= 15 is 0 Å². The van der Waals surface area contributed by atoms with Crippen molar-refractivity contribution in [1.29, 1.82) is 0 Å². The van der Waals surface area contributed by atoms with Crippen LogP contribution in [0, 0.1) is 11.8 Å². The van der Waals surface area contributed by atoms with Gasteiger partial charge >= 0.3 is 0 Å². The Hall–Kier alpha value is 0.0500. The molecule has 1 heterocycles. The Morgan fingerprint density at radius 2 is 2.06 bits per heavy atom. The van der Waals surface area contributed by atoms with E-state index in [0.29, 0.717) is 0 Å². The Balaban J connectivity index is 1.96. The zero-order valence-electron chi connectivity index (χ0n) is 10.5. The molecule has 0 aromatic carbocycles. The van der Waals surface area contributed by atoms with Crippen LogP contribution >= 0.6 is 11.8 Å². The predicted molar refractivity (Wildman–Crippen MR) is 74.0 cm³/mol. The van der Waals surface area contributed by atoms with Crippen LogP contribution in [0.1, 0.15) is 38.5 Å². The van der Waals surface area contributed by atoms with Gasteiger partial charge in [-0.3, -0.25) is 0 Å². The third-order valence-corrected chi connectivity index (χ3v) is 5.11. The van der Waals surface area contributed by atoms with Crippen molar-refractivity contribution in [3.05, 3.63) is 11.6 Å². The number of hydrogen-bond donors (Lipinski definition) is 1. The average molecular weight is 239 g/mol. The first-order chi connectivity index (χ1) is 7.90. The van der Waals surface area contributed by atoms with Crippen molar-refractivity contribution in [2.75, 3.05) is 25.1 Å². The Kier molecular flexibility index (Phi) is 5.24. The molecule has 2 aliphatic rings. The maximum atomic E-state index is 3.36. The van der Waals surface area contributed by atoms with Crippen LogP contribution in [-0.4, -0.2) is 25.1 Å². The van der Waals surface area contributed by atoms with Crippen LogP contribution in [0.15, 0.2) is 11.6 Å². The minimum Gasteiger partial charge on any atom is -0.316 e. The maximum absolute atomic E-state index is 3.36. The molecule has 0 radical (unpaired) electrons. The van der Waals surface area contributed by atoms with Crippen LogP contribution in [0.4, 0.5) is 0 Å². The Bertz CT molecular complexity index is 225. The Labute approximate surface area is 104 Å². The molecule has 2 heteroatoms. The summed E-state index contributed by atoms with van der Waals surface area (Å²) in [7, 11) is 2.08. The molecular weight excluding hydrogens is 214 g/mol. The lowest BCUT2D eigenvalue weighted by Crippen LogP contribution is -2.20. The normalized spacial score (nSPS) is 28.6. The van der Waals surface area contributed by atoms with E-state index in [4.69, 9.17) is 0 Å². The smallest absolute Gasteiger partial charge is 0.0164 e. The highest BCUT2D eigenvalue weighted by Crippen LogP contribution is 2.32. The van der Waals surface area contributed by atoms with Crippen LogP contribution in [0.3, 0.4) is 0 Å². The van der Waals surface area contributed by atoms with Crippen molar-refractivity contribution in [2.24, 2.45) is 11.8 Å². The van der Waals surface area contributed by atoms with Gasteiger partial charge in [0.25, 0.3) is 0 Å². The third-order valence-electron chi connectivity index (χ3n) is 3.93. The quantitative estimate of drug-likeness (QED) is 0.754. The lowest BCUT2D eigenvalue weighted by molar-refractivity contribution is 0.394. The summed E-state index contributed by atoms with van der Waals surface area (Å²) in [5.74, 6) is 4.50. The molecule has 0 bridgehead atoms. The van der Waals surface area contributed by atoms with E-state index in [1.54, 1.807) is 5.57 Å². The third kappa shape index (κ3) is 3.53. The van der Waals surface area contributed by atoms with Crippen LogP contribution < -0.4 is 5.32 Å². The van der Waals surface area contributed by atoms with E-state index in [0.717, 1.165) is 18.4 Å². The van der Waals surface area contributed by atoms with Crippen LogP contribution in [0.2, 0.25) is 0 Å². The van der Waals surface area contributed by atoms with Crippen molar-refractivity contribution in [3.8, 4) is 0 Å². The molecule has 1 unspecified atom stereocenters. The number of likely N-dealkylation sites (N-methyl/N-ethyl adjacent to an activating group) is 1. The van der Waals surface area contributed by atoms with Gasteiger partial charge in [0.2, 0.25) is 0 Å². The SMILES string of the molecule is CNCC(=CC1CCSC1)C1CCCCC1. The highest BCUT2D eigenvalue weighted by Gasteiger charge is 2.20. The molecule has 92 valence electrons. The Morgan fingerprint density at radius 3 is 2.69 bits per heavy atom. The van der Waals surface area contributed by atoms with Crippen LogP contribution in [0.25, 0.3) is 0 Å². The molecule has 1 atom stereocenters. The zero-order chi connectivity index (χ0) is 11.2. The molecule has 1 saturated carbocycles. The maximum Gasteiger partial charge on any atom is 0.0164 e. The standard InChI is InChI=1S/C14H25NS/c1-15-10-14(9-12-7-8-16-11-12)13-5-3-2-4-6-13/h9,12-13,15H,2-8,10-11H2,1H3. The fourth-order valence-electron chi connectivity index (χ4n) is 3.00. The lowest BCUT2D eigenvalue weighted by Gasteiger charge is -2.25. The first kappa shape index (κ1) is 12.5. The number of nitrogens with one attached hydrogen (secondary N) is 1. The Morgan fingerprint density at radius 1 is 1.25 bits per heavy atom. The molecule has 1 N–H and O–H groups in total. The van der Waals surface area contributed by atoms with Crippen LogP contribution in [0.5, 0.6) is 0 Å². The number of hydrogen-bond acceptors (Lipinski definition) is 2. The summed E-state index contributed by atoms with van der Waals surface area (Å²) in [5.41, 5.74) is 1.72. The van der Waals surface area contributed by atoms with Gasteiger partial charge in [-0.15, -0.1) is 0 Å². The highest BCUT2D eigenvalue weighted by molar-refractivity contribution is 7.99. The van der Waals surface area contributed by atoms with Crippen LogP contribution in [-0.2, 0) is 0 Å². The zero-order valence-corrected chi connectivity index (χ0v) is 11.3. The first-order valence-electron chi connectivity index (χ1n) is 6.83. The fraction of sp³-hybridized carbons (Fsp3) is 0.857. The summed E-state index contributed by atoms with van der Waals surface area (Å²) < 4.78 is 0. The summed E-state index contributed by atoms with van der Waals surface area (Å²) in [4.78, 5) is 0. The molecule has 1 aliphatic heterocycles. The van der Waals surface area contributed by atoms with Gasteiger partial charge in [-0.2, -0.15) is 11.8 Å². The lowest BCUT2D eigenvalue weighted by atomic mass is 9.82. The molecule has 16 heavy (non-hydrogen) atoms. The van der Waals surface area contributed by atoms with Gasteiger partial charge in [-0.25, -0.2) is 0 Å². The van der Waals surface area contributed by atoms with Gasteiger partial charge in [0.15, 0.2) is 0 Å². The second-order valence-corrected chi connectivity index (χ2v) is 6.38. The van der Waals surface area contributed by atoms with E-state index in [2.05, 4.69) is 30.2 Å². The molecule has 2 rings (SSSR count). The van der Waals surface area contributed by atoms with Gasteiger partial charge in [-0.05, 0) is 49.7 Å². The number of rotatable bonds is 4. The van der Waals surface area contributed by atoms with Crippen molar-refractivity contribution >= 4 is 11.8 Å². The van der Waals surface area contributed by atoms with E-state index in [1.807, 2.05) is 0 Å². The second kappa shape index (κ2) is 6.70. The van der Waals surface area contributed by atoms with E-state index in [9.17, 15) is 0 Å². The van der Waals surface area contributed by atoms with Crippen molar-refractivity contribution in [3.63, 3.8) is 0 Å². The van der Waals surface area contributed by atoms with Crippen molar-refractivity contribution < 1.29 is 0 Å². The van der Waals surface area contributed by atoms with Crippen molar-refractivity contribution in [1.82, 2.24) is 5.32 Å². The highest BCUT2D eigenvalue weighted by atomic mass is 32.2. The van der Waals surface area contributed by atoms with E-state index in [-0.39, 0.29) is 0 Å². The minimum atomic E-state index is 0.871. The fourth-order valence-corrected chi connectivity index (χ4v) is 4.21. The molecule has 1 nitrogen and oxygen atoms in total. The minimum absolute atomic E-state index is 0.871. The summed E-state index contributed by atoms with van der Waals surface area (Å²) >= 11 is 2.12. The second-order valence-electron chi connectivity index (χ2n) is 5.23. The molecule has 0 aromatic rings. The number of allylic oxidation sites excluding steroid dienone is 1. The number of thioether (sulfide) groups is 1. The van der Waals surface area contributed by atoms with Gasteiger partial charge in [-0.1, -0.05) is 30.9 Å². The first-order valence-corrected chi connectivity index (χ1v) is 7.98. The molecule has 0 spiro atoms. The molecule has 0 aromatic heterocycles. The van der Waals surface area contributed by atoms with Gasteiger partial charge in [0, 0.05) is 6.54 Å². The topological polar surface area (TPSA) is 12.0 Å². The molecular formula is C14H25NS. The summed E-state index contributed by atoms with van der Waals surface area (Å²) in [6, 6.07) is 0. The largest absolute Gasteiger partial charge is 0.316 e. The van der Waals surface area contributed by atoms with Gasteiger partial charge < -0.3 is 5.32 Å². The van der Waals surface area contributed by atoms with Gasteiger partial charge in [0.05, 0.1) is 0 Å². The summed E-state index contributed by atoms with van der Waals surface area (Å²) in [6.45, 7) is 1.12. The summed E-state index contributed by atoms with van der Waals surface area (Å²) in [6.07, 6.45) is 11.3. The average Bonchev–Trinajstić information content (AvgIpc) is 2.83. The van der Waals surface area contributed by atoms with E-state index in [1.165, 1.54) is 50.0 Å². The van der Waals surface area contributed by atoms with E-state index < -0.39 is 0 Å². The summed E-state index contributed by atoms with van der Waals surface area (Å²) in [5, 5.41) is 3.36.